The van der Waals surface area contributed by atoms with Gasteiger partial charge in [-0.1, -0.05) is 0 Å². The number of aromatic nitrogens is 5. The first kappa shape index (κ1) is 7.34. The van der Waals surface area contributed by atoms with Crippen LogP contribution in [0.25, 0.3) is 5.78 Å². The summed E-state index contributed by atoms with van der Waals surface area (Å²) in [6.45, 7) is 0. The van der Waals surface area contributed by atoms with Crippen molar-refractivity contribution in [2.45, 2.75) is 0 Å². The zero-order valence-electron chi connectivity index (χ0n) is 6.04. The maximum absolute atomic E-state index is 11.2. The van der Waals surface area contributed by atoms with Gasteiger partial charge in [-0.2, -0.15) is 9.50 Å². The second-order valence-corrected chi connectivity index (χ2v) is 2.11. The van der Waals surface area contributed by atoms with Crippen LogP contribution in [0, 0.1) is 10.1 Å². The summed E-state index contributed by atoms with van der Waals surface area (Å²) in [5.74, 6) is -0.836. The average molecular weight is 182 g/mol. The minimum absolute atomic E-state index is 0.00407. The molecule has 2 heterocycles. The molecule has 0 spiro atoms. The van der Waals surface area contributed by atoms with E-state index in [2.05, 4.69) is 20.3 Å². The average Bonchev–Trinajstić information content (AvgIpc) is 2.52. The minimum atomic E-state index is -0.900. The van der Waals surface area contributed by atoms with Gasteiger partial charge in [-0.15, -0.1) is 0 Å². The summed E-state index contributed by atoms with van der Waals surface area (Å²) in [6, 6.07) is 0. The van der Waals surface area contributed by atoms with Crippen molar-refractivity contribution < 1.29 is 4.92 Å². The normalized spacial score (nSPS) is 10.5. The molecule has 2 aromatic heterocycles. The number of nitrogens with zero attached hydrogens (tertiary/aromatic N) is 5. The molecule has 2 aromatic rings. The van der Waals surface area contributed by atoms with Gasteiger partial charge in [-0.05, 0) is 4.92 Å². The van der Waals surface area contributed by atoms with Gasteiger partial charge in [0.25, 0.3) is 5.78 Å². The van der Waals surface area contributed by atoms with Crippen molar-refractivity contribution in [1.29, 1.82) is 0 Å². The number of H-pyrrole nitrogens is 1. The van der Waals surface area contributed by atoms with Gasteiger partial charge in [0.2, 0.25) is 0 Å². The van der Waals surface area contributed by atoms with Gasteiger partial charge < -0.3 is 10.1 Å². The Morgan fingerprint density at radius 2 is 2.31 bits per heavy atom. The molecule has 0 atom stereocenters. The summed E-state index contributed by atoms with van der Waals surface area (Å²) in [5.41, 5.74) is -0.882. The minimum Gasteiger partial charge on any atom is -0.358 e. The predicted octanol–water partition coefficient (Wildman–Crippen LogP) is -1.28. The Morgan fingerprint density at radius 3 is 3.00 bits per heavy atom. The van der Waals surface area contributed by atoms with Crippen LogP contribution in [0.15, 0.2) is 11.1 Å². The Kier molecular flexibility index (Phi) is 1.32. The van der Waals surface area contributed by atoms with Crippen molar-refractivity contribution in [2.75, 3.05) is 0 Å². The number of nitro groups is 1. The van der Waals surface area contributed by atoms with E-state index >= 15 is 0 Å². The number of hydrogen-bond donors (Lipinski definition) is 1. The van der Waals surface area contributed by atoms with E-state index in [1.54, 1.807) is 0 Å². The van der Waals surface area contributed by atoms with E-state index < -0.39 is 16.3 Å². The van der Waals surface area contributed by atoms with Gasteiger partial charge in [-0.3, -0.25) is 9.89 Å². The maximum Gasteiger partial charge on any atom is 0.458 e. The standard InChI is InChI=1S/C4H2N6O3/c11-3-2(10(12)13)7-8-4-5-1-6-9(3)4/h1H,(H,5,6,8). The van der Waals surface area contributed by atoms with Crippen molar-refractivity contribution in [3.05, 3.63) is 26.8 Å². The lowest BCUT2D eigenvalue weighted by molar-refractivity contribution is -0.391. The van der Waals surface area contributed by atoms with Gasteiger partial charge in [0, 0.05) is 5.10 Å². The lowest BCUT2D eigenvalue weighted by Gasteiger charge is -1.88. The van der Waals surface area contributed by atoms with Gasteiger partial charge in [0.05, 0.1) is 5.10 Å². The molecule has 9 nitrogen and oxygen atoms in total. The van der Waals surface area contributed by atoms with E-state index in [9.17, 15) is 14.9 Å². The molecule has 0 unspecified atom stereocenters. The quantitative estimate of drug-likeness (QED) is 0.433. The fourth-order valence-corrected chi connectivity index (χ4v) is 0.829. The molecule has 0 aliphatic carbocycles. The van der Waals surface area contributed by atoms with E-state index in [-0.39, 0.29) is 5.78 Å². The Bertz CT molecular complexity index is 526. The predicted molar refractivity (Wildman–Crippen MR) is 38.1 cm³/mol. The molecule has 0 saturated carbocycles. The second-order valence-electron chi connectivity index (χ2n) is 2.11. The van der Waals surface area contributed by atoms with Crippen molar-refractivity contribution in [2.24, 2.45) is 0 Å². The van der Waals surface area contributed by atoms with Gasteiger partial charge in [0.15, 0.2) is 0 Å². The number of rotatable bonds is 1. The lowest BCUT2D eigenvalue weighted by atomic mass is 10.7. The molecule has 9 heteroatoms. The molecule has 1 N–H and O–H groups in total. The van der Waals surface area contributed by atoms with E-state index in [1.807, 2.05) is 0 Å². The third-order valence-corrected chi connectivity index (χ3v) is 1.37. The van der Waals surface area contributed by atoms with Crippen LogP contribution < -0.4 is 5.56 Å². The lowest BCUT2D eigenvalue weighted by Crippen LogP contribution is -2.20. The number of fused-ring (bicyclic) bond motifs is 1. The van der Waals surface area contributed by atoms with E-state index in [1.165, 1.54) is 6.33 Å². The van der Waals surface area contributed by atoms with Crippen LogP contribution in [0.4, 0.5) is 5.82 Å². The summed E-state index contributed by atoms with van der Waals surface area (Å²) in [6.07, 6.45) is 1.19. The molecular weight excluding hydrogens is 180 g/mol. The first-order chi connectivity index (χ1) is 6.20. The van der Waals surface area contributed by atoms with Crippen LogP contribution in [0.5, 0.6) is 0 Å². The summed E-state index contributed by atoms with van der Waals surface area (Å²) < 4.78 is 0.838. The highest BCUT2D eigenvalue weighted by molar-refractivity contribution is 5.25. The van der Waals surface area contributed by atoms with Crippen molar-refractivity contribution >= 4 is 11.6 Å². The highest BCUT2D eigenvalue weighted by Crippen LogP contribution is 1.95. The highest BCUT2D eigenvalue weighted by Gasteiger charge is 2.18. The monoisotopic (exact) mass is 182 g/mol. The highest BCUT2D eigenvalue weighted by atomic mass is 16.6. The van der Waals surface area contributed by atoms with Crippen LogP contribution in [-0.4, -0.2) is 29.7 Å². The van der Waals surface area contributed by atoms with Gasteiger partial charge in [-0.25, -0.2) is 0 Å². The summed E-state index contributed by atoms with van der Waals surface area (Å²) >= 11 is 0. The molecule has 0 fully saturated rings. The molecule has 0 amide bonds. The molecule has 0 aliphatic rings. The molecular formula is C4H2N6O3. The first-order valence-corrected chi connectivity index (χ1v) is 3.13. The first-order valence-electron chi connectivity index (χ1n) is 3.13. The van der Waals surface area contributed by atoms with Gasteiger partial charge in [0.1, 0.15) is 6.33 Å². The number of nitrogens with one attached hydrogen (secondary N) is 1. The summed E-state index contributed by atoms with van der Waals surface area (Å²) in [7, 11) is 0. The fraction of sp³-hybridized carbons (Fsp3) is 0. The van der Waals surface area contributed by atoms with Crippen LogP contribution >= 0.6 is 0 Å². The Morgan fingerprint density at radius 1 is 1.54 bits per heavy atom. The van der Waals surface area contributed by atoms with Gasteiger partial charge >= 0.3 is 11.4 Å². The molecule has 0 aromatic carbocycles. The van der Waals surface area contributed by atoms with Crippen LogP contribution in [-0.2, 0) is 0 Å². The SMILES string of the molecule is O=c1c([N+](=O)[O-])nnc2nc[nH]n12. The summed E-state index contributed by atoms with van der Waals surface area (Å²) in [4.78, 5) is 24.1. The maximum atomic E-state index is 11.2. The molecule has 66 valence electrons. The topological polar surface area (TPSA) is 119 Å². The Labute approximate surface area is 69.2 Å². The van der Waals surface area contributed by atoms with Crippen LogP contribution in [0.3, 0.4) is 0 Å². The molecule has 0 radical (unpaired) electrons. The molecule has 0 saturated heterocycles. The van der Waals surface area contributed by atoms with Crippen LogP contribution in [0.2, 0.25) is 0 Å². The molecule has 0 bridgehead atoms. The largest absolute Gasteiger partial charge is 0.458 e. The second kappa shape index (κ2) is 2.33. The zero-order valence-corrected chi connectivity index (χ0v) is 6.04. The Balaban J connectivity index is 2.89. The number of hydrogen-bond acceptors (Lipinski definition) is 6. The Hall–Kier alpha value is -2.32. The van der Waals surface area contributed by atoms with E-state index in [0.717, 1.165) is 4.52 Å². The molecule has 13 heavy (non-hydrogen) atoms. The fourth-order valence-electron chi connectivity index (χ4n) is 0.829. The van der Waals surface area contributed by atoms with Crippen molar-refractivity contribution in [1.82, 2.24) is 24.8 Å². The smallest absolute Gasteiger partial charge is 0.358 e. The zero-order chi connectivity index (χ0) is 9.42. The molecule has 0 aliphatic heterocycles. The number of aromatic amines is 1. The van der Waals surface area contributed by atoms with Crippen molar-refractivity contribution in [3.8, 4) is 0 Å². The van der Waals surface area contributed by atoms with E-state index in [0.29, 0.717) is 0 Å². The van der Waals surface area contributed by atoms with Crippen molar-refractivity contribution in [3.63, 3.8) is 0 Å². The third kappa shape index (κ3) is 0.937. The van der Waals surface area contributed by atoms with Crippen LogP contribution in [0.1, 0.15) is 0 Å². The molecule has 2 rings (SSSR count). The summed E-state index contributed by atoms with van der Waals surface area (Å²) in [5, 5.41) is 19.1. The third-order valence-electron chi connectivity index (χ3n) is 1.37. The van der Waals surface area contributed by atoms with E-state index in [4.69, 9.17) is 0 Å².